The van der Waals surface area contributed by atoms with Gasteiger partial charge in [-0.1, -0.05) is 12.2 Å². The minimum absolute atomic E-state index is 0.0704. The Balaban J connectivity index is 2.83. The molecule has 0 atom stereocenters. The highest BCUT2D eigenvalue weighted by molar-refractivity contribution is 9.10. The van der Waals surface area contributed by atoms with Gasteiger partial charge >= 0.3 is 0 Å². The zero-order chi connectivity index (χ0) is 15.7. The van der Waals surface area contributed by atoms with Gasteiger partial charge in [0.2, 0.25) is 0 Å². The molecule has 0 unspecified atom stereocenters. The second kappa shape index (κ2) is 9.37. The van der Waals surface area contributed by atoms with Gasteiger partial charge in [0.05, 0.1) is 11.1 Å². The average Bonchev–Trinajstić information content (AvgIpc) is 2.48. The molecule has 0 spiro atoms. The Morgan fingerprint density at radius 1 is 1.29 bits per heavy atom. The van der Waals surface area contributed by atoms with Crippen molar-refractivity contribution in [3.8, 4) is 5.75 Å². The van der Waals surface area contributed by atoms with Crippen LogP contribution in [0.2, 0.25) is 0 Å². The van der Waals surface area contributed by atoms with Crippen molar-refractivity contribution in [2.45, 2.75) is 0 Å². The molecule has 5 heteroatoms. The van der Waals surface area contributed by atoms with E-state index in [-0.39, 0.29) is 5.91 Å². The van der Waals surface area contributed by atoms with Crippen molar-refractivity contribution in [3.63, 3.8) is 0 Å². The minimum atomic E-state index is -0.0704. The summed E-state index contributed by atoms with van der Waals surface area (Å²) < 4.78 is 11.2. The molecule has 114 valence electrons. The fraction of sp³-hybridized carbons (Fsp3) is 0.312. The molecule has 0 radical (unpaired) electrons. The Bertz CT molecular complexity index is 492. The van der Waals surface area contributed by atoms with Crippen molar-refractivity contribution in [2.75, 3.05) is 33.4 Å². The van der Waals surface area contributed by atoms with Crippen LogP contribution in [0.4, 0.5) is 0 Å². The van der Waals surface area contributed by atoms with Crippen LogP contribution in [-0.2, 0) is 4.74 Å². The van der Waals surface area contributed by atoms with Crippen LogP contribution in [0, 0.1) is 0 Å². The SMILES string of the molecule is C=CCN(CC=C)C(=O)c1ccc(OCCOC)c(Br)c1. The van der Waals surface area contributed by atoms with Gasteiger partial charge in [0.15, 0.2) is 0 Å². The second-order valence-corrected chi connectivity index (χ2v) is 5.13. The van der Waals surface area contributed by atoms with E-state index in [0.29, 0.717) is 37.6 Å². The molecule has 4 nitrogen and oxygen atoms in total. The first kappa shape index (κ1) is 17.5. The topological polar surface area (TPSA) is 38.8 Å². The van der Waals surface area contributed by atoms with E-state index in [1.165, 1.54) is 0 Å². The summed E-state index contributed by atoms with van der Waals surface area (Å²) in [5, 5.41) is 0. The summed E-state index contributed by atoms with van der Waals surface area (Å²) in [5.74, 6) is 0.613. The van der Waals surface area contributed by atoms with E-state index in [2.05, 4.69) is 29.1 Å². The maximum atomic E-state index is 12.4. The Hall–Kier alpha value is -1.59. The van der Waals surface area contributed by atoms with Gasteiger partial charge in [0.1, 0.15) is 12.4 Å². The zero-order valence-corrected chi connectivity index (χ0v) is 13.8. The number of nitrogens with zero attached hydrogens (tertiary/aromatic N) is 1. The molecular formula is C16H20BrNO3. The summed E-state index contributed by atoms with van der Waals surface area (Å²) in [5.41, 5.74) is 0.588. The summed E-state index contributed by atoms with van der Waals surface area (Å²) >= 11 is 3.42. The van der Waals surface area contributed by atoms with Crippen molar-refractivity contribution < 1.29 is 14.3 Å². The Morgan fingerprint density at radius 2 is 1.95 bits per heavy atom. The molecule has 21 heavy (non-hydrogen) atoms. The first-order valence-corrected chi connectivity index (χ1v) is 7.35. The number of ether oxygens (including phenoxy) is 2. The average molecular weight is 354 g/mol. The van der Waals surface area contributed by atoms with Crippen molar-refractivity contribution in [3.05, 3.63) is 53.5 Å². The zero-order valence-electron chi connectivity index (χ0n) is 12.2. The van der Waals surface area contributed by atoms with Crippen molar-refractivity contribution in [2.24, 2.45) is 0 Å². The van der Waals surface area contributed by atoms with E-state index in [9.17, 15) is 4.79 Å². The molecule has 0 N–H and O–H groups in total. The molecule has 0 aromatic heterocycles. The third-order valence-corrected chi connectivity index (χ3v) is 3.33. The lowest BCUT2D eigenvalue weighted by molar-refractivity contribution is 0.0790. The molecule has 1 aromatic rings. The van der Waals surface area contributed by atoms with E-state index in [0.717, 1.165) is 4.47 Å². The van der Waals surface area contributed by atoms with Crippen molar-refractivity contribution in [1.29, 1.82) is 0 Å². The molecule has 1 rings (SSSR count). The van der Waals surface area contributed by atoms with Gasteiger partial charge in [-0.3, -0.25) is 4.79 Å². The maximum absolute atomic E-state index is 12.4. The van der Waals surface area contributed by atoms with Crippen LogP contribution in [-0.4, -0.2) is 44.2 Å². The predicted molar refractivity (Wildman–Crippen MR) is 87.8 cm³/mol. The number of amides is 1. The fourth-order valence-electron chi connectivity index (χ4n) is 1.72. The Morgan fingerprint density at radius 3 is 2.48 bits per heavy atom. The van der Waals surface area contributed by atoms with Crippen LogP contribution in [0.15, 0.2) is 48.0 Å². The first-order valence-electron chi connectivity index (χ1n) is 6.56. The van der Waals surface area contributed by atoms with Gasteiger partial charge < -0.3 is 14.4 Å². The number of hydrogen-bond acceptors (Lipinski definition) is 3. The molecule has 1 aromatic carbocycles. The number of carbonyl (C=O) groups is 1. The highest BCUT2D eigenvalue weighted by Gasteiger charge is 2.15. The highest BCUT2D eigenvalue weighted by Crippen LogP contribution is 2.26. The second-order valence-electron chi connectivity index (χ2n) is 4.27. The number of carbonyl (C=O) groups excluding carboxylic acids is 1. The molecular weight excluding hydrogens is 334 g/mol. The van der Waals surface area contributed by atoms with Crippen LogP contribution < -0.4 is 4.74 Å². The lowest BCUT2D eigenvalue weighted by atomic mass is 10.2. The van der Waals surface area contributed by atoms with E-state index < -0.39 is 0 Å². The van der Waals surface area contributed by atoms with E-state index in [1.54, 1.807) is 42.4 Å². The smallest absolute Gasteiger partial charge is 0.254 e. The molecule has 0 bridgehead atoms. The van der Waals surface area contributed by atoms with E-state index in [4.69, 9.17) is 9.47 Å². The van der Waals surface area contributed by atoms with E-state index in [1.807, 2.05) is 0 Å². The highest BCUT2D eigenvalue weighted by atomic mass is 79.9. The largest absolute Gasteiger partial charge is 0.490 e. The van der Waals surface area contributed by atoms with Gasteiger partial charge in [-0.2, -0.15) is 0 Å². The fourth-order valence-corrected chi connectivity index (χ4v) is 2.21. The van der Waals surface area contributed by atoms with Crippen LogP contribution in [0.3, 0.4) is 0 Å². The normalized spacial score (nSPS) is 10.0. The lowest BCUT2D eigenvalue weighted by Gasteiger charge is -2.19. The van der Waals surface area contributed by atoms with Crippen LogP contribution in [0.25, 0.3) is 0 Å². The number of rotatable bonds is 9. The molecule has 0 aliphatic heterocycles. The number of hydrogen-bond donors (Lipinski definition) is 0. The minimum Gasteiger partial charge on any atom is -0.490 e. The standard InChI is InChI=1S/C16H20BrNO3/c1-4-8-18(9-5-2)16(19)13-6-7-15(14(17)12-13)21-11-10-20-3/h4-7,12H,1-2,8-11H2,3H3. The molecule has 0 aliphatic carbocycles. The van der Waals surface area contributed by atoms with Gasteiger partial charge in [-0.15, -0.1) is 13.2 Å². The van der Waals surface area contributed by atoms with Gasteiger partial charge in [-0.05, 0) is 34.1 Å². The predicted octanol–water partition coefficient (Wildman–Crippen LogP) is 3.29. The number of methoxy groups -OCH3 is 1. The third-order valence-electron chi connectivity index (χ3n) is 2.71. The summed E-state index contributed by atoms with van der Waals surface area (Å²) in [6.45, 7) is 9.26. The Kier molecular flexibility index (Phi) is 7.79. The van der Waals surface area contributed by atoms with Crippen molar-refractivity contribution in [1.82, 2.24) is 4.90 Å². The molecule has 0 heterocycles. The van der Waals surface area contributed by atoms with Crippen LogP contribution >= 0.6 is 15.9 Å². The first-order chi connectivity index (χ1) is 10.1. The van der Waals surface area contributed by atoms with Crippen LogP contribution in [0.5, 0.6) is 5.75 Å². The van der Waals surface area contributed by atoms with Gasteiger partial charge in [-0.25, -0.2) is 0 Å². The molecule has 0 saturated carbocycles. The summed E-state index contributed by atoms with van der Waals surface area (Å²) in [6, 6.07) is 5.27. The van der Waals surface area contributed by atoms with E-state index >= 15 is 0 Å². The van der Waals surface area contributed by atoms with Crippen LogP contribution in [0.1, 0.15) is 10.4 Å². The molecule has 0 saturated heterocycles. The number of benzene rings is 1. The summed E-state index contributed by atoms with van der Waals surface area (Å²) in [7, 11) is 1.62. The van der Waals surface area contributed by atoms with Gasteiger partial charge in [0, 0.05) is 25.8 Å². The summed E-state index contributed by atoms with van der Waals surface area (Å²) in [4.78, 5) is 14.1. The molecule has 1 amide bonds. The van der Waals surface area contributed by atoms with Crippen molar-refractivity contribution >= 4 is 21.8 Å². The monoisotopic (exact) mass is 353 g/mol. The molecule has 0 fully saturated rings. The lowest BCUT2D eigenvalue weighted by Crippen LogP contribution is -2.31. The third kappa shape index (κ3) is 5.36. The maximum Gasteiger partial charge on any atom is 0.254 e. The van der Waals surface area contributed by atoms with Gasteiger partial charge in [0.25, 0.3) is 5.91 Å². The Labute approximate surface area is 134 Å². The number of halogens is 1. The summed E-state index contributed by atoms with van der Waals surface area (Å²) in [6.07, 6.45) is 3.39. The molecule has 0 aliphatic rings. The quantitative estimate of drug-likeness (QED) is 0.505.